The van der Waals surface area contributed by atoms with Crippen LogP contribution in [0.5, 0.6) is 0 Å². The number of amides is 1. The lowest BCUT2D eigenvalue weighted by Crippen LogP contribution is -2.38. The summed E-state index contributed by atoms with van der Waals surface area (Å²) in [6.07, 6.45) is 2.74. The zero-order valence-electron chi connectivity index (χ0n) is 11.1. The Morgan fingerprint density at radius 1 is 1.55 bits per heavy atom. The molecule has 2 aromatic rings. The summed E-state index contributed by atoms with van der Waals surface area (Å²) in [4.78, 5) is 15.2. The maximum Gasteiger partial charge on any atom is 0.268 e. The van der Waals surface area contributed by atoms with E-state index >= 15 is 0 Å². The zero-order chi connectivity index (χ0) is 14.5. The fourth-order valence-corrected chi connectivity index (χ4v) is 2.72. The smallest absolute Gasteiger partial charge is 0.268 e. The molecule has 0 aliphatic rings. The number of aromatic nitrogens is 1. The van der Waals surface area contributed by atoms with Gasteiger partial charge in [0.2, 0.25) is 0 Å². The van der Waals surface area contributed by atoms with Gasteiger partial charge in [-0.05, 0) is 36.6 Å². The molecular weight excluding hydrogens is 296 g/mol. The summed E-state index contributed by atoms with van der Waals surface area (Å²) in [7, 11) is 0. The minimum absolute atomic E-state index is 0.0622. The molecule has 20 heavy (non-hydrogen) atoms. The SMILES string of the molecule is CSCC[C@H](CO)NC(=O)c1cc2c(Cl)cccc2[nH]1. The predicted octanol–water partition coefficient (Wildman–Crippen LogP) is 2.67. The number of aromatic amines is 1. The maximum absolute atomic E-state index is 12.2. The molecule has 1 atom stereocenters. The van der Waals surface area contributed by atoms with E-state index in [0.717, 1.165) is 23.1 Å². The monoisotopic (exact) mass is 312 g/mol. The van der Waals surface area contributed by atoms with E-state index in [1.807, 2.05) is 18.4 Å². The lowest BCUT2D eigenvalue weighted by Gasteiger charge is -2.14. The van der Waals surface area contributed by atoms with Crippen LogP contribution in [0, 0.1) is 0 Å². The number of fused-ring (bicyclic) bond motifs is 1. The number of rotatable bonds is 6. The van der Waals surface area contributed by atoms with Gasteiger partial charge in [-0.25, -0.2) is 0 Å². The number of aliphatic hydroxyl groups excluding tert-OH is 1. The third-order valence-electron chi connectivity index (χ3n) is 3.08. The first-order chi connectivity index (χ1) is 9.65. The normalized spacial score (nSPS) is 12.6. The van der Waals surface area contributed by atoms with Crippen LogP contribution in [0.25, 0.3) is 10.9 Å². The van der Waals surface area contributed by atoms with Crippen LogP contribution in [0.2, 0.25) is 5.02 Å². The fraction of sp³-hybridized carbons (Fsp3) is 0.357. The van der Waals surface area contributed by atoms with Crippen LogP contribution in [0.1, 0.15) is 16.9 Å². The second kappa shape index (κ2) is 7.02. The molecule has 0 bridgehead atoms. The van der Waals surface area contributed by atoms with E-state index < -0.39 is 0 Å². The first-order valence-corrected chi connectivity index (χ1v) is 8.10. The van der Waals surface area contributed by atoms with Crippen molar-refractivity contribution in [2.75, 3.05) is 18.6 Å². The average molecular weight is 313 g/mol. The Morgan fingerprint density at radius 3 is 3.00 bits per heavy atom. The summed E-state index contributed by atoms with van der Waals surface area (Å²) in [6.45, 7) is -0.0622. The van der Waals surface area contributed by atoms with Gasteiger partial charge < -0.3 is 15.4 Å². The summed E-state index contributed by atoms with van der Waals surface area (Å²) >= 11 is 7.77. The van der Waals surface area contributed by atoms with Crippen molar-refractivity contribution in [2.24, 2.45) is 0 Å². The van der Waals surface area contributed by atoms with Gasteiger partial charge in [0.05, 0.1) is 12.6 Å². The fourth-order valence-electron chi connectivity index (χ4n) is 1.97. The van der Waals surface area contributed by atoms with E-state index in [9.17, 15) is 9.90 Å². The molecule has 0 spiro atoms. The van der Waals surface area contributed by atoms with Crippen LogP contribution in [-0.4, -0.2) is 40.7 Å². The molecule has 1 aromatic heterocycles. The summed E-state index contributed by atoms with van der Waals surface area (Å²) in [5.41, 5.74) is 1.28. The van der Waals surface area contributed by atoms with E-state index in [2.05, 4.69) is 10.3 Å². The van der Waals surface area contributed by atoms with Crippen molar-refractivity contribution >= 4 is 40.2 Å². The number of carbonyl (C=O) groups excluding carboxylic acids is 1. The van der Waals surface area contributed by atoms with E-state index in [-0.39, 0.29) is 18.6 Å². The quantitative estimate of drug-likeness (QED) is 0.768. The van der Waals surface area contributed by atoms with Gasteiger partial charge in [-0.2, -0.15) is 11.8 Å². The van der Waals surface area contributed by atoms with Gasteiger partial charge >= 0.3 is 0 Å². The molecule has 0 aliphatic carbocycles. The number of hydrogen-bond donors (Lipinski definition) is 3. The summed E-state index contributed by atoms with van der Waals surface area (Å²) in [5, 5.41) is 13.5. The Bertz CT molecular complexity index is 600. The highest BCUT2D eigenvalue weighted by atomic mass is 35.5. The highest BCUT2D eigenvalue weighted by Crippen LogP contribution is 2.23. The van der Waals surface area contributed by atoms with Crippen LogP contribution in [-0.2, 0) is 0 Å². The lowest BCUT2D eigenvalue weighted by atomic mass is 10.2. The van der Waals surface area contributed by atoms with Gasteiger partial charge in [0.1, 0.15) is 5.69 Å². The number of thioether (sulfide) groups is 1. The number of aliphatic hydroxyl groups is 1. The van der Waals surface area contributed by atoms with Crippen molar-refractivity contribution in [1.29, 1.82) is 0 Å². The molecule has 6 heteroatoms. The minimum atomic E-state index is -0.225. The van der Waals surface area contributed by atoms with Crippen LogP contribution < -0.4 is 5.32 Å². The van der Waals surface area contributed by atoms with Gasteiger partial charge in [-0.15, -0.1) is 0 Å². The molecule has 2 rings (SSSR count). The molecule has 0 aliphatic heterocycles. The largest absolute Gasteiger partial charge is 0.394 e. The summed E-state index contributed by atoms with van der Waals surface area (Å²) < 4.78 is 0. The van der Waals surface area contributed by atoms with Crippen molar-refractivity contribution in [2.45, 2.75) is 12.5 Å². The van der Waals surface area contributed by atoms with Crippen LogP contribution in [0.15, 0.2) is 24.3 Å². The molecule has 3 N–H and O–H groups in total. The van der Waals surface area contributed by atoms with E-state index in [1.54, 1.807) is 23.9 Å². The van der Waals surface area contributed by atoms with Gasteiger partial charge in [-0.1, -0.05) is 17.7 Å². The molecule has 0 radical (unpaired) electrons. The molecule has 0 saturated carbocycles. The molecule has 4 nitrogen and oxygen atoms in total. The zero-order valence-corrected chi connectivity index (χ0v) is 12.7. The highest BCUT2D eigenvalue weighted by Gasteiger charge is 2.15. The molecule has 1 aromatic carbocycles. The molecule has 1 heterocycles. The Morgan fingerprint density at radius 2 is 2.35 bits per heavy atom. The predicted molar refractivity (Wildman–Crippen MR) is 84.6 cm³/mol. The molecule has 0 saturated heterocycles. The molecular formula is C14H17ClN2O2S. The van der Waals surface area contributed by atoms with Gasteiger partial charge in [0.15, 0.2) is 0 Å². The second-order valence-corrected chi connectivity index (χ2v) is 5.91. The Kier molecular flexibility index (Phi) is 5.34. The molecule has 0 unspecified atom stereocenters. The Balaban J connectivity index is 2.12. The lowest BCUT2D eigenvalue weighted by molar-refractivity contribution is 0.0911. The number of hydrogen-bond acceptors (Lipinski definition) is 3. The van der Waals surface area contributed by atoms with Crippen LogP contribution in [0.4, 0.5) is 0 Å². The van der Waals surface area contributed by atoms with Crippen molar-refractivity contribution in [3.63, 3.8) is 0 Å². The first-order valence-electron chi connectivity index (χ1n) is 6.33. The van der Waals surface area contributed by atoms with E-state index in [4.69, 9.17) is 11.6 Å². The van der Waals surface area contributed by atoms with Gasteiger partial charge in [0, 0.05) is 15.9 Å². The van der Waals surface area contributed by atoms with E-state index in [0.29, 0.717) is 10.7 Å². The molecule has 1 amide bonds. The summed E-state index contributed by atoms with van der Waals surface area (Å²) in [5.74, 6) is 0.668. The van der Waals surface area contributed by atoms with Crippen molar-refractivity contribution in [1.82, 2.24) is 10.3 Å². The number of carbonyl (C=O) groups is 1. The average Bonchev–Trinajstić information content (AvgIpc) is 2.89. The number of H-pyrrole nitrogens is 1. The molecule has 108 valence electrons. The first kappa shape index (κ1) is 15.2. The Hall–Kier alpha value is -1.17. The van der Waals surface area contributed by atoms with Crippen molar-refractivity contribution in [3.8, 4) is 0 Å². The standard InChI is InChI=1S/C14H17ClN2O2S/c1-20-6-5-9(8-18)16-14(19)13-7-10-11(15)3-2-4-12(10)17-13/h2-4,7,9,17-18H,5-6,8H2,1H3,(H,16,19)/t9-/m1/s1. The minimum Gasteiger partial charge on any atom is -0.394 e. The molecule has 0 fully saturated rings. The van der Waals surface area contributed by atoms with Crippen LogP contribution in [0.3, 0.4) is 0 Å². The maximum atomic E-state index is 12.2. The second-order valence-electron chi connectivity index (χ2n) is 4.52. The highest BCUT2D eigenvalue weighted by molar-refractivity contribution is 7.98. The number of halogens is 1. The Labute approximate surface area is 126 Å². The van der Waals surface area contributed by atoms with Crippen molar-refractivity contribution in [3.05, 3.63) is 35.0 Å². The third-order valence-corrected chi connectivity index (χ3v) is 4.06. The summed E-state index contributed by atoms with van der Waals surface area (Å²) in [6, 6.07) is 6.99. The van der Waals surface area contributed by atoms with E-state index in [1.165, 1.54) is 0 Å². The third kappa shape index (κ3) is 3.48. The number of nitrogens with one attached hydrogen (secondary N) is 2. The topological polar surface area (TPSA) is 65.1 Å². The number of benzene rings is 1. The van der Waals surface area contributed by atoms with Gasteiger partial charge in [-0.3, -0.25) is 4.79 Å². The van der Waals surface area contributed by atoms with Crippen molar-refractivity contribution < 1.29 is 9.90 Å². The van der Waals surface area contributed by atoms with Crippen LogP contribution >= 0.6 is 23.4 Å². The van der Waals surface area contributed by atoms with Gasteiger partial charge in [0.25, 0.3) is 5.91 Å².